The fraction of sp³-hybridized carbons (Fsp3) is 0.594. The molecular formula is C101H134F7N15O10. The van der Waals surface area contributed by atoms with E-state index in [4.69, 9.17) is 15.7 Å². The highest BCUT2D eigenvalue weighted by molar-refractivity contribution is 5.97. The number of nitrogens with zero attached hydrogens (tertiary/aromatic N) is 10. The molecule has 3 atom stereocenters. The van der Waals surface area contributed by atoms with Crippen molar-refractivity contribution in [3.63, 3.8) is 0 Å². The molecule has 5 heterocycles. The Bertz CT molecular complexity index is 6320. The predicted molar refractivity (Wildman–Crippen MR) is 503 cm³/mol. The minimum absolute atomic E-state index is 0.0520. The second kappa shape index (κ2) is 38.4. The number of imidazole rings is 5. The topological polar surface area (TPSA) is 322 Å². The van der Waals surface area contributed by atoms with Crippen molar-refractivity contribution in [1.82, 2.24) is 47.8 Å². The standard InChI is InChI=1S/C22H30FN3O2.C21H26F3N3O2.C21H30FN3O2.C20H26FN3O3.C17H22FN3O/c1-21(2,3)12-18(27)24-20-25-19-16(23)10-14(22(4,28)13-8-9-13)11-17(19)26(20)15-6-5-7-15;1-19(2,29)12-7-8-15-16(9-12)27(14-5-4-6-14)18(25-15)26-17(28)10-13-11-20(3,22)21(13,23)24;1-6-20(2,3)12-17(26)23-19-24-18-15(22)10-13(21(4,5)27)11-16(18)25(19)14-8-7-9-14;1-20(2,3)11-16(25)23-19-22-15-9-8-14(21)13(10-17(26)27-4)18(15)24(19)12-6-5-7-12;1-17(2,3)10-15(22)20-16-19-13-9-11(18)7-8-14(13)21(16)12-5-4-6-12/h10-11,13,15,28H,5-9,12H2,1-4H3,(H,24,25,27);7-9,13-14,29H,4-6,10-11H2,1-3H3,(H,25,26,28);10-11,14,27H,6-9,12H2,1-5H3,(H,23,24,26);8-9,12H,5-7,10-11H2,1-4H3,(H,22,23,25);7-9,12H,4-6,10H2,1-3H3,(H,19,20,22)/i;;2D3,3D3,6D2;;. The van der Waals surface area contributed by atoms with Crippen molar-refractivity contribution in [3.8, 4) is 0 Å². The quantitative estimate of drug-likeness (QED) is 0.0206. The van der Waals surface area contributed by atoms with Crippen LogP contribution in [-0.2, 0) is 56.7 Å². The van der Waals surface area contributed by atoms with Crippen LogP contribution in [0.1, 0.15) is 342 Å². The minimum Gasteiger partial charge on any atom is -0.469 e. The second-order valence-electron chi connectivity index (χ2n) is 42.3. The third-order valence-corrected chi connectivity index (χ3v) is 26.3. The molecule has 5 amide bonds. The zero-order chi connectivity index (χ0) is 104. The Morgan fingerprint density at radius 3 is 1.26 bits per heavy atom. The number of methoxy groups -OCH3 is 1. The van der Waals surface area contributed by atoms with Crippen LogP contribution in [0, 0.1) is 56.8 Å². The van der Waals surface area contributed by atoms with Crippen LogP contribution < -0.4 is 26.6 Å². The number of alkyl halides is 3. The highest BCUT2D eigenvalue weighted by Gasteiger charge is 2.67. The molecule has 17 rings (SSSR count). The molecule has 0 bridgehead atoms. The number of hydrogen-bond acceptors (Lipinski definition) is 15. The summed E-state index contributed by atoms with van der Waals surface area (Å²) < 4.78 is 176. The first-order chi connectivity index (χ1) is 65.2. The maximum absolute atomic E-state index is 14.9. The molecule has 0 spiro atoms. The highest BCUT2D eigenvalue weighted by Crippen LogP contribution is 2.56. The van der Waals surface area contributed by atoms with Crippen LogP contribution in [0.3, 0.4) is 0 Å². The molecule has 7 aliphatic carbocycles. The number of anilines is 5. The molecule has 7 fully saturated rings. The lowest BCUT2D eigenvalue weighted by atomic mass is 9.67. The first-order valence-corrected chi connectivity index (χ1v) is 46.3. The molecule has 32 heteroatoms. The fourth-order valence-corrected chi connectivity index (χ4v) is 17.6. The van der Waals surface area contributed by atoms with Gasteiger partial charge in [-0.25, -0.2) is 55.7 Å². The average molecular weight is 1860 g/mol. The van der Waals surface area contributed by atoms with Gasteiger partial charge in [0.15, 0.2) is 17.3 Å². The van der Waals surface area contributed by atoms with Crippen LogP contribution in [0.4, 0.5) is 60.5 Å². The molecule has 5 aromatic carbocycles. The largest absolute Gasteiger partial charge is 0.469 e. The van der Waals surface area contributed by atoms with Gasteiger partial charge in [0.25, 0.3) is 5.92 Å². The number of halogens is 7. The molecule has 3 unspecified atom stereocenters. The molecule has 0 radical (unpaired) electrons. The van der Waals surface area contributed by atoms with Gasteiger partial charge in [0.2, 0.25) is 59.3 Å². The lowest BCUT2D eigenvalue weighted by Gasteiger charge is -2.47. The van der Waals surface area contributed by atoms with E-state index in [1.54, 1.807) is 55.7 Å². The van der Waals surface area contributed by atoms with E-state index in [1.165, 1.54) is 51.6 Å². The number of benzene rings is 5. The summed E-state index contributed by atoms with van der Waals surface area (Å²) in [7, 11) is 1.28. The summed E-state index contributed by atoms with van der Waals surface area (Å²) in [5.74, 6) is -7.46. The zero-order valence-electron chi connectivity index (χ0n) is 87.3. The molecule has 25 nitrogen and oxygen atoms in total. The Hall–Kier alpha value is -10.3. The monoisotopic (exact) mass is 1860 g/mol. The van der Waals surface area contributed by atoms with Crippen LogP contribution in [-0.4, -0.2) is 117 Å². The van der Waals surface area contributed by atoms with Crippen LogP contribution in [0.5, 0.6) is 0 Å². The molecule has 7 aliphatic rings. The molecule has 0 saturated heterocycles. The van der Waals surface area contributed by atoms with Gasteiger partial charge >= 0.3 is 5.97 Å². The van der Waals surface area contributed by atoms with Gasteiger partial charge < -0.3 is 42.9 Å². The van der Waals surface area contributed by atoms with E-state index < -0.39 is 108 Å². The Kier molecular flexibility index (Phi) is 25.8. The van der Waals surface area contributed by atoms with Crippen LogP contribution in [0.25, 0.3) is 55.2 Å². The van der Waals surface area contributed by atoms with Gasteiger partial charge in [-0.15, -0.1) is 0 Å². The Morgan fingerprint density at radius 1 is 0.459 bits per heavy atom. The summed E-state index contributed by atoms with van der Waals surface area (Å²) in [6.45, 7) is 21.3. The minimum atomic E-state index is -3.50. The van der Waals surface area contributed by atoms with Crippen molar-refractivity contribution < 1.29 is 90.5 Å². The molecule has 10 aromatic rings. The van der Waals surface area contributed by atoms with Crippen molar-refractivity contribution in [2.45, 2.75) is 344 Å². The normalized spacial score (nSPS) is 20.1. The Morgan fingerprint density at radius 2 is 0.850 bits per heavy atom. The number of hydrogen-bond donors (Lipinski definition) is 8. The van der Waals surface area contributed by atoms with E-state index in [2.05, 4.69) is 56.1 Å². The first kappa shape index (κ1) is 89.2. The van der Waals surface area contributed by atoms with Gasteiger partial charge in [0.1, 0.15) is 22.7 Å². The van der Waals surface area contributed by atoms with E-state index in [-0.39, 0.29) is 105 Å². The number of nitrogens with one attached hydrogen (secondary N) is 5. The van der Waals surface area contributed by atoms with Crippen LogP contribution in [0.15, 0.2) is 72.8 Å². The number of ether oxygens (including phenoxy) is 1. The number of rotatable bonds is 24. The molecule has 133 heavy (non-hydrogen) atoms. The van der Waals surface area contributed by atoms with Crippen molar-refractivity contribution >= 4 is 120 Å². The van der Waals surface area contributed by atoms with E-state index in [0.29, 0.717) is 106 Å². The van der Waals surface area contributed by atoms with Crippen LogP contribution in [0.2, 0.25) is 0 Å². The number of carbonyl (C=O) groups excluding carboxylic acids is 6. The smallest absolute Gasteiger partial charge is 0.310 e. The van der Waals surface area contributed by atoms with E-state index in [0.717, 1.165) is 126 Å². The van der Waals surface area contributed by atoms with Gasteiger partial charge in [-0.05, 0) is 262 Å². The molecule has 5 aromatic heterocycles. The first-order valence-electron chi connectivity index (χ1n) is 50.3. The number of esters is 1. The summed E-state index contributed by atoms with van der Waals surface area (Å²) >= 11 is 0. The Labute approximate surface area is 784 Å². The molecule has 0 aliphatic heterocycles. The number of aromatic nitrogens is 10. The predicted octanol–water partition coefficient (Wildman–Crippen LogP) is 22.8. The van der Waals surface area contributed by atoms with Crippen molar-refractivity contribution in [2.75, 3.05) is 33.7 Å². The summed E-state index contributed by atoms with van der Waals surface area (Å²) in [6.07, 6.45) is 12.8. The highest BCUT2D eigenvalue weighted by atomic mass is 19.3. The maximum atomic E-state index is 14.9. The van der Waals surface area contributed by atoms with Crippen LogP contribution >= 0.6 is 0 Å². The van der Waals surface area contributed by atoms with Gasteiger partial charge in [-0.2, -0.15) is 0 Å². The van der Waals surface area contributed by atoms with Crippen molar-refractivity contribution in [1.29, 1.82) is 0 Å². The SMILES string of the molecule is CC(C)(C)CC(=O)Nc1nc2c(F)cc(C(C)(O)C3CC3)cc2n1C1CCC1.CC(C)(C)CC(=O)Nc1nc2cc(F)ccc2n1C1CCC1.CC(C)(O)c1ccc2nc(NC(=O)CC3CC(C)(F)C3(F)F)n(C3CCC3)c2c1.COC(=O)Cc1c(F)ccc2nc(NC(=O)CC(C)(C)C)n(C3CCC3)c12.[2H]C([2H])([2H])C(CC(=O)Nc1nc2c(F)cc(C(C)(C)O)cc2n1C1CCC1)(C([2H])([2H])[2H])C([2H])([2H])C. The third-order valence-electron chi connectivity index (χ3n) is 26.3. The summed E-state index contributed by atoms with van der Waals surface area (Å²) in [6, 6.07) is 19.6. The Balaban J connectivity index is 0.000000149. The number of fused-ring (bicyclic) bond motifs is 5. The molecular weight excluding hydrogens is 1720 g/mol. The van der Waals surface area contributed by atoms with Gasteiger partial charge in [-0.3, -0.25) is 55.4 Å². The van der Waals surface area contributed by atoms with E-state index in [1.807, 2.05) is 88.1 Å². The average Bonchev–Trinajstić information content (AvgIpc) is 1.73. The molecule has 8 N–H and O–H groups in total. The summed E-state index contributed by atoms with van der Waals surface area (Å²) in [5, 5.41) is 45.4. The van der Waals surface area contributed by atoms with Crippen molar-refractivity contribution in [3.05, 3.63) is 118 Å². The summed E-state index contributed by atoms with van der Waals surface area (Å²) in [5.41, 5.74) is -2.24. The molecule has 7 saturated carbocycles. The van der Waals surface area contributed by atoms with Gasteiger partial charge in [-0.1, -0.05) is 95.4 Å². The lowest BCUT2D eigenvalue weighted by molar-refractivity contribution is -0.248. The number of amides is 5. The fourth-order valence-electron chi connectivity index (χ4n) is 17.6. The number of carbonyl (C=O) groups is 6. The van der Waals surface area contributed by atoms with Crippen molar-refractivity contribution in [2.24, 2.45) is 33.5 Å². The van der Waals surface area contributed by atoms with Gasteiger partial charge in [0.05, 0.1) is 74.5 Å². The van der Waals surface area contributed by atoms with E-state index >= 15 is 0 Å². The van der Waals surface area contributed by atoms with Gasteiger partial charge in [0, 0.05) is 90.8 Å². The lowest BCUT2D eigenvalue weighted by Crippen LogP contribution is -2.60. The molecule has 722 valence electrons. The maximum Gasteiger partial charge on any atom is 0.310 e. The summed E-state index contributed by atoms with van der Waals surface area (Å²) in [4.78, 5) is 96.6. The van der Waals surface area contributed by atoms with E-state index in [9.17, 15) is 74.8 Å². The number of aliphatic hydroxyl groups is 3. The zero-order valence-corrected chi connectivity index (χ0v) is 79.3. The third kappa shape index (κ3) is 23.1. The second-order valence-corrected chi connectivity index (χ2v) is 42.3.